The zero-order valence-electron chi connectivity index (χ0n) is 14.5. The lowest BCUT2D eigenvalue weighted by Crippen LogP contribution is -2.04. The lowest BCUT2D eigenvalue weighted by molar-refractivity contribution is 0.104. The molecule has 0 fully saturated rings. The Kier molecular flexibility index (Phi) is 4.55. The average Bonchev–Trinajstić information content (AvgIpc) is 2.97. The Hall–Kier alpha value is -2.73. The number of hydrogen-bond donors (Lipinski definition) is 1. The van der Waals surface area contributed by atoms with Crippen LogP contribution < -0.4 is 19.9 Å². The van der Waals surface area contributed by atoms with Crippen molar-refractivity contribution in [3.05, 3.63) is 46.3 Å². The Morgan fingerprint density at radius 2 is 1.68 bits per heavy atom. The average molecular weight is 357 g/mol. The Morgan fingerprint density at radius 3 is 2.20 bits per heavy atom. The van der Waals surface area contributed by atoms with E-state index in [9.17, 15) is 4.79 Å². The molecule has 0 amide bonds. The number of carbonyl (C=O) groups excluding carboxylic acids is 1. The minimum Gasteiger partial charge on any atom is -0.493 e. The van der Waals surface area contributed by atoms with Crippen molar-refractivity contribution in [1.82, 2.24) is 0 Å². The van der Waals surface area contributed by atoms with E-state index in [2.05, 4.69) is 0 Å². The van der Waals surface area contributed by atoms with Gasteiger partial charge in [0.05, 0.1) is 31.9 Å². The topological polar surface area (TPSA) is 70.8 Å². The molecule has 0 unspecified atom stereocenters. The van der Waals surface area contributed by atoms with Crippen LogP contribution in [0.3, 0.4) is 0 Å². The molecule has 0 saturated carbocycles. The Bertz CT molecular complexity index is 936. The third-order valence-electron chi connectivity index (χ3n) is 4.09. The van der Waals surface area contributed by atoms with Gasteiger partial charge in [0.2, 0.25) is 11.5 Å². The molecule has 0 spiro atoms. The highest BCUT2D eigenvalue weighted by molar-refractivity contribution is 7.21. The normalized spacial score (nSPS) is 10.7. The molecule has 5 nitrogen and oxygen atoms in total. The SMILES string of the molecule is COc1cc(C(=O)c2sc3cccc(C)c3c2N)cc(OC)c1OC. The van der Waals surface area contributed by atoms with Gasteiger partial charge in [0.25, 0.3) is 0 Å². The van der Waals surface area contributed by atoms with E-state index in [0.717, 1.165) is 15.6 Å². The fourth-order valence-electron chi connectivity index (χ4n) is 2.86. The summed E-state index contributed by atoms with van der Waals surface area (Å²) in [5.74, 6) is 1.14. The van der Waals surface area contributed by atoms with Gasteiger partial charge >= 0.3 is 0 Å². The second kappa shape index (κ2) is 6.64. The van der Waals surface area contributed by atoms with E-state index < -0.39 is 0 Å². The first kappa shape index (κ1) is 17.1. The number of benzene rings is 2. The highest BCUT2D eigenvalue weighted by atomic mass is 32.1. The predicted octanol–water partition coefficient (Wildman–Crippen LogP) is 4.05. The second-order valence-corrected chi connectivity index (χ2v) is 6.59. The van der Waals surface area contributed by atoms with Crippen LogP contribution in [0.15, 0.2) is 30.3 Å². The van der Waals surface area contributed by atoms with Crippen molar-refractivity contribution in [2.45, 2.75) is 6.92 Å². The summed E-state index contributed by atoms with van der Waals surface area (Å²) in [6.07, 6.45) is 0. The predicted molar refractivity (Wildman–Crippen MR) is 101 cm³/mol. The van der Waals surface area contributed by atoms with E-state index in [0.29, 0.717) is 33.4 Å². The van der Waals surface area contributed by atoms with E-state index >= 15 is 0 Å². The number of ether oxygens (including phenoxy) is 3. The number of nitrogens with two attached hydrogens (primary N) is 1. The maximum Gasteiger partial charge on any atom is 0.205 e. The molecular weight excluding hydrogens is 338 g/mol. The van der Waals surface area contributed by atoms with Crippen LogP contribution in [0.4, 0.5) is 5.69 Å². The molecule has 0 aliphatic heterocycles. The van der Waals surface area contributed by atoms with Crippen LogP contribution in [-0.4, -0.2) is 27.1 Å². The maximum atomic E-state index is 13.1. The third-order valence-corrected chi connectivity index (χ3v) is 5.26. The zero-order chi connectivity index (χ0) is 18.1. The standard InChI is InChI=1S/C19H19NO4S/c1-10-6-5-7-14-15(10)16(20)19(25-14)17(21)11-8-12(22-2)18(24-4)13(9-11)23-3/h5-9H,20H2,1-4H3. The van der Waals surface area contributed by atoms with E-state index in [1.54, 1.807) is 12.1 Å². The third kappa shape index (κ3) is 2.78. The van der Waals surface area contributed by atoms with Gasteiger partial charge in [0.1, 0.15) is 0 Å². The van der Waals surface area contributed by atoms with Crippen molar-refractivity contribution < 1.29 is 19.0 Å². The Morgan fingerprint density at radius 1 is 1.04 bits per heavy atom. The van der Waals surface area contributed by atoms with Crippen molar-refractivity contribution in [3.63, 3.8) is 0 Å². The fraction of sp³-hybridized carbons (Fsp3) is 0.211. The molecule has 0 saturated heterocycles. The van der Waals surface area contributed by atoms with Crippen molar-refractivity contribution in [2.24, 2.45) is 0 Å². The summed E-state index contributed by atoms with van der Waals surface area (Å²) in [4.78, 5) is 13.6. The van der Waals surface area contributed by atoms with Crippen molar-refractivity contribution >= 4 is 32.9 Å². The van der Waals surface area contributed by atoms with Crippen LogP contribution in [0.2, 0.25) is 0 Å². The molecule has 3 rings (SSSR count). The minimum absolute atomic E-state index is 0.169. The summed E-state index contributed by atoms with van der Waals surface area (Å²) in [7, 11) is 4.56. The first-order valence-electron chi connectivity index (χ1n) is 7.64. The van der Waals surface area contributed by atoms with Crippen molar-refractivity contribution in [2.75, 3.05) is 27.1 Å². The summed E-state index contributed by atoms with van der Waals surface area (Å²) in [6.45, 7) is 1.99. The van der Waals surface area contributed by atoms with Gasteiger partial charge in [-0.2, -0.15) is 0 Å². The highest BCUT2D eigenvalue weighted by Crippen LogP contribution is 2.41. The van der Waals surface area contributed by atoms with Gasteiger partial charge in [-0.3, -0.25) is 4.79 Å². The van der Waals surface area contributed by atoms with Gasteiger partial charge in [-0.15, -0.1) is 11.3 Å². The van der Waals surface area contributed by atoms with Gasteiger partial charge in [-0.25, -0.2) is 0 Å². The summed E-state index contributed by atoms with van der Waals surface area (Å²) >= 11 is 1.39. The molecule has 25 heavy (non-hydrogen) atoms. The minimum atomic E-state index is -0.169. The molecule has 0 aliphatic rings. The van der Waals surface area contributed by atoms with Crippen LogP contribution in [0.1, 0.15) is 20.8 Å². The quantitative estimate of drug-likeness (QED) is 0.698. The molecule has 3 aromatic rings. The number of ketones is 1. The molecule has 2 aromatic carbocycles. The number of fused-ring (bicyclic) bond motifs is 1. The van der Waals surface area contributed by atoms with Crippen molar-refractivity contribution in [3.8, 4) is 17.2 Å². The monoisotopic (exact) mass is 357 g/mol. The summed E-state index contributed by atoms with van der Waals surface area (Å²) in [5.41, 5.74) is 8.28. The molecule has 0 aliphatic carbocycles. The van der Waals surface area contributed by atoms with E-state index in [1.165, 1.54) is 32.7 Å². The van der Waals surface area contributed by atoms with Gasteiger partial charge in [0, 0.05) is 15.6 Å². The molecule has 1 aromatic heterocycles. The highest BCUT2D eigenvalue weighted by Gasteiger charge is 2.22. The van der Waals surface area contributed by atoms with Gasteiger partial charge in [-0.1, -0.05) is 12.1 Å². The first-order valence-corrected chi connectivity index (χ1v) is 8.45. The van der Waals surface area contributed by atoms with E-state index in [4.69, 9.17) is 19.9 Å². The number of hydrogen-bond acceptors (Lipinski definition) is 6. The molecule has 1 heterocycles. The number of aryl methyl sites for hydroxylation is 1. The molecule has 0 bridgehead atoms. The van der Waals surface area contributed by atoms with E-state index in [1.807, 2.05) is 25.1 Å². The summed E-state index contributed by atoms with van der Waals surface area (Å²) < 4.78 is 17.0. The Balaban J connectivity index is 2.16. The van der Waals surface area contributed by atoms with Gasteiger partial charge in [-0.05, 0) is 30.7 Å². The summed E-state index contributed by atoms with van der Waals surface area (Å²) in [5, 5.41) is 0.934. The molecule has 0 radical (unpaired) electrons. The molecular formula is C19H19NO4S. The maximum absolute atomic E-state index is 13.1. The number of nitrogen functional groups attached to an aromatic ring is 1. The van der Waals surface area contributed by atoms with Gasteiger partial charge < -0.3 is 19.9 Å². The lowest BCUT2D eigenvalue weighted by Gasteiger charge is -2.13. The lowest BCUT2D eigenvalue weighted by atomic mass is 10.0. The number of thiophene rings is 1. The number of rotatable bonds is 5. The van der Waals surface area contributed by atoms with Gasteiger partial charge in [0.15, 0.2) is 11.5 Å². The molecule has 2 N–H and O–H groups in total. The van der Waals surface area contributed by atoms with Crippen molar-refractivity contribution in [1.29, 1.82) is 0 Å². The Labute approximate surface area is 149 Å². The molecule has 0 atom stereocenters. The molecule has 130 valence electrons. The number of methoxy groups -OCH3 is 3. The molecule has 6 heteroatoms. The van der Waals surface area contributed by atoms with Crippen LogP contribution in [-0.2, 0) is 0 Å². The number of carbonyl (C=O) groups is 1. The summed E-state index contributed by atoms with van der Waals surface area (Å²) in [6, 6.07) is 9.19. The fourth-order valence-corrected chi connectivity index (χ4v) is 4.02. The van der Waals surface area contributed by atoms with Crippen LogP contribution in [0.25, 0.3) is 10.1 Å². The van der Waals surface area contributed by atoms with Crippen LogP contribution >= 0.6 is 11.3 Å². The zero-order valence-corrected chi connectivity index (χ0v) is 15.3. The largest absolute Gasteiger partial charge is 0.493 e. The second-order valence-electron chi connectivity index (χ2n) is 5.54. The smallest absolute Gasteiger partial charge is 0.205 e. The van der Waals surface area contributed by atoms with Crippen LogP contribution in [0.5, 0.6) is 17.2 Å². The first-order chi connectivity index (χ1) is 12.0. The van der Waals surface area contributed by atoms with Crippen LogP contribution in [0, 0.1) is 6.92 Å². The number of anilines is 1. The van der Waals surface area contributed by atoms with E-state index in [-0.39, 0.29) is 5.78 Å².